The molecule has 0 aliphatic heterocycles. The first kappa shape index (κ1) is 14.3. The summed E-state index contributed by atoms with van der Waals surface area (Å²) in [4.78, 5) is 0.822. The molecule has 108 valence electrons. The Morgan fingerprint density at radius 2 is 2.05 bits per heavy atom. The predicted molar refractivity (Wildman–Crippen MR) is 86.2 cm³/mol. The molecule has 0 fully saturated rings. The molecule has 0 saturated carbocycles. The van der Waals surface area contributed by atoms with E-state index < -0.39 is 0 Å². The van der Waals surface area contributed by atoms with E-state index in [1.54, 1.807) is 19.2 Å². The van der Waals surface area contributed by atoms with Crippen LogP contribution in [0.3, 0.4) is 0 Å². The summed E-state index contributed by atoms with van der Waals surface area (Å²) in [5.41, 5.74) is 7.40. The molecule has 3 rings (SSSR count). The highest BCUT2D eigenvalue weighted by Gasteiger charge is 2.22. The largest absolute Gasteiger partial charge is 0.495 e. The number of nitrogen functional groups attached to an aromatic ring is 1. The van der Waals surface area contributed by atoms with Crippen molar-refractivity contribution in [1.29, 1.82) is 0 Å². The van der Waals surface area contributed by atoms with E-state index in [4.69, 9.17) is 38.2 Å². The number of rotatable bonds is 3. The molecular formula is C14H10Cl2N2O2S. The predicted octanol–water partition coefficient (Wildman–Crippen LogP) is 4.97. The van der Waals surface area contributed by atoms with Gasteiger partial charge in [-0.25, -0.2) is 0 Å². The Morgan fingerprint density at radius 1 is 1.24 bits per heavy atom. The lowest BCUT2D eigenvalue weighted by atomic mass is 10.0. The summed E-state index contributed by atoms with van der Waals surface area (Å²) >= 11 is 13.5. The van der Waals surface area contributed by atoms with Crippen molar-refractivity contribution in [2.45, 2.75) is 0 Å². The first-order chi connectivity index (χ1) is 10.1. The number of hydrogen-bond donors (Lipinski definition) is 1. The summed E-state index contributed by atoms with van der Waals surface area (Å²) in [6, 6.07) is 7.12. The van der Waals surface area contributed by atoms with Crippen LogP contribution in [0.2, 0.25) is 10.0 Å². The molecule has 7 heteroatoms. The van der Waals surface area contributed by atoms with Crippen molar-refractivity contribution < 1.29 is 9.26 Å². The standard InChI is InChI=1S/C14H10Cl2N2O2S/c1-19-10-4-5-21-13(10)12-11(14(17)18-20-12)7-2-3-8(15)9(16)6-7/h2-6H,1H3,(H2,17,18). The van der Waals surface area contributed by atoms with Gasteiger partial charge in [-0.3, -0.25) is 0 Å². The second kappa shape index (κ2) is 5.60. The molecule has 2 aromatic heterocycles. The third kappa shape index (κ3) is 2.48. The van der Waals surface area contributed by atoms with Crippen molar-refractivity contribution in [2.24, 2.45) is 0 Å². The number of nitrogens with zero attached hydrogens (tertiary/aromatic N) is 1. The van der Waals surface area contributed by atoms with E-state index in [0.717, 1.165) is 10.4 Å². The van der Waals surface area contributed by atoms with Gasteiger partial charge in [-0.1, -0.05) is 34.4 Å². The molecule has 0 aliphatic carbocycles. The number of thiophene rings is 1. The quantitative estimate of drug-likeness (QED) is 0.731. The van der Waals surface area contributed by atoms with Crippen LogP contribution in [0.5, 0.6) is 5.75 Å². The Bertz CT molecular complexity index is 798. The van der Waals surface area contributed by atoms with Gasteiger partial charge in [-0.15, -0.1) is 11.3 Å². The Kier molecular flexibility index (Phi) is 3.80. The maximum Gasteiger partial charge on any atom is 0.190 e. The van der Waals surface area contributed by atoms with E-state index in [-0.39, 0.29) is 0 Å². The molecule has 0 saturated heterocycles. The zero-order valence-corrected chi connectivity index (χ0v) is 13.2. The van der Waals surface area contributed by atoms with E-state index in [2.05, 4.69) is 5.16 Å². The number of ether oxygens (including phenoxy) is 1. The molecule has 0 amide bonds. The van der Waals surface area contributed by atoms with Gasteiger partial charge in [0.2, 0.25) is 0 Å². The monoisotopic (exact) mass is 340 g/mol. The lowest BCUT2D eigenvalue weighted by Crippen LogP contribution is -1.89. The lowest BCUT2D eigenvalue weighted by Gasteiger charge is -2.05. The molecule has 0 radical (unpaired) electrons. The van der Waals surface area contributed by atoms with Gasteiger partial charge in [-0.2, -0.15) is 0 Å². The van der Waals surface area contributed by atoms with Crippen molar-refractivity contribution in [3.63, 3.8) is 0 Å². The van der Waals surface area contributed by atoms with Crippen molar-refractivity contribution >= 4 is 40.4 Å². The van der Waals surface area contributed by atoms with Crippen molar-refractivity contribution in [3.05, 3.63) is 39.7 Å². The highest BCUT2D eigenvalue weighted by Crippen LogP contribution is 2.44. The minimum atomic E-state index is 0.291. The second-order valence-corrected chi connectivity index (χ2v) is 5.95. The molecule has 3 aromatic rings. The number of benzene rings is 1. The highest BCUT2D eigenvalue weighted by atomic mass is 35.5. The van der Waals surface area contributed by atoms with Crippen LogP contribution < -0.4 is 10.5 Å². The van der Waals surface area contributed by atoms with Gasteiger partial charge in [0, 0.05) is 0 Å². The molecule has 0 spiro atoms. The zero-order valence-electron chi connectivity index (χ0n) is 10.9. The van der Waals surface area contributed by atoms with Crippen LogP contribution in [-0.4, -0.2) is 12.3 Å². The number of hydrogen-bond acceptors (Lipinski definition) is 5. The average Bonchev–Trinajstić information content (AvgIpc) is 3.07. The Labute approximate surface area is 135 Å². The molecule has 1 aromatic carbocycles. The Hall–Kier alpha value is -1.69. The molecule has 0 bridgehead atoms. The molecule has 0 unspecified atom stereocenters. The van der Waals surface area contributed by atoms with Crippen LogP contribution in [0.25, 0.3) is 21.8 Å². The first-order valence-corrected chi connectivity index (χ1v) is 7.57. The highest BCUT2D eigenvalue weighted by molar-refractivity contribution is 7.14. The lowest BCUT2D eigenvalue weighted by molar-refractivity contribution is 0.409. The van der Waals surface area contributed by atoms with E-state index >= 15 is 0 Å². The fourth-order valence-electron chi connectivity index (χ4n) is 2.01. The third-order valence-corrected chi connectivity index (χ3v) is 4.62. The van der Waals surface area contributed by atoms with Gasteiger partial charge in [0.25, 0.3) is 0 Å². The number of methoxy groups -OCH3 is 1. The SMILES string of the molecule is COc1ccsc1-c1onc(N)c1-c1ccc(Cl)c(Cl)c1. The number of aromatic nitrogens is 1. The van der Waals surface area contributed by atoms with Gasteiger partial charge >= 0.3 is 0 Å². The smallest absolute Gasteiger partial charge is 0.190 e. The van der Waals surface area contributed by atoms with E-state index in [1.165, 1.54) is 11.3 Å². The number of anilines is 1. The summed E-state index contributed by atoms with van der Waals surface area (Å²) in [6.07, 6.45) is 0. The van der Waals surface area contributed by atoms with Crippen LogP contribution in [0.4, 0.5) is 5.82 Å². The maximum atomic E-state index is 6.07. The molecule has 0 aliphatic rings. The molecular weight excluding hydrogens is 331 g/mol. The van der Waals surface area contributed by atoms with Crippen molar-refractivity contribution in [1.82, 2.24) is 5.16 Å². The fraction of sp³-hybridized carbons (Fsp3) is 0.0714. The summed E-state index contributed by atoms with van der Waals surface area (Å²) < 4.78 is 10.7. The number of nitrogens with two attached hydrogens (primary N) is 1. The Morgan fingerprint density at radius 3 is 2.76 bits per heavy atom. The minimum absolute atomic E-state index is 0.291. The van der Waals surface area contributed by atoms with Crippen LogP contribution in [0, 0.1) is 0 Å². The van der Waals surface area contributed by atoms with Gasteiger partial charge in [0.15, 0.2) is 11.6 Å². The summed E-state index contributed by atoms with van der Waals surface area (Å²) in [5.74, 6) is 1.55. The fourth-order valence-corrected chi connectivity index (χ4v) is 3.15. The zero-order chi connectivity index (χ0) is 15.0. The van der Waals surface area contributed by atoms with Crippen LogP contribution in [-0.2, 0) is 0 Å². The first-order valence-electron chi connectivity index (χ1n) is 5.94. The van der Waals surface area contributed by atoms with Crippen molar-refractivity contribution in [3.8, 4) is 27.5 Å². The second-order valence-electron chi connectivity index (χ2n) is 4.22. The van der Waals surface area contributed by atoms with Crippen LogP contribution >= 0.6 is 34.5 Å². The topological polar surface area (TPSA) is 61.3 Å². The average molecular weight is 341 g/mol. The van der Waals surface area contributed by atoms with Crippen LogP contribution in [0.1, 0.15) is 0 Å². The van der Waals surface area contributed by atoms with Gasteiger partial charge in [-0.05, 0) is 29.1 Å². The third-order valence-electron chi connectivity index (χ3n) is 2.98. The van der Waals surface area contributed by atoms with Gasteiger partial charge in [0.05, 0.1) is 22.7 Å². The minimum Gasteiger partial charge on any atom is -0.495 e. The van der Waals surface area contributed by atoms with E-state index in [0.29, 0.717) is 32.9 Å². The van der Waals surface area contributed by atoms with Gasteiger partial charge < -0.3 is 15.0 Å². The summed E-state index contributed by atoms with van der Waals surface area (Å²) in [5, 5.41) is 6.68. The molecule has 2 N–H and O–H groups in total. The molecule has 0 atom stereocenters. The molecule has 2 heterocycles. The molecule has 4 nitrogen and oxygen atoms in total. The van der Waals surface area contributed by atoms with E-state index in [9.17, 15) is 0 Å². The Balaban J connectivity index is 2.19. The summed E-state index contributed by atoms with van der Waals surface area (Å²) in [6.45, 7) is 0. The van der Waals surface area contributed by atoms with Gasteiger partial charge in [0.1, 0.15) is 10.6 Å². The normalized spacial score (nSPS) is 10.8. The van der Waals surface area contributed by atoms with E-state index in [1.807, 2.05) is 17.5 Å². The maximum absolute atomic E-state index is 6.07. The van der Waals surface area contributed by atoms with Crippen molar-refractivity contribution in [2.75, 3.05) is 12.8 Å². The number of halogens is 2. The van der Waals surface area contributed by atoms with Crippen LogP contribution in [0.15, 0.2) is 34.2 Å². The summed E-state index contributed by atoms with van der Waals surface area (Å²) in [7, 11) is 1.60. The molecule has 21 heavy (non-hydrogen) atoms.